The summed E-state index contributed by atoms with van der Waals surface area (Å²) in [6.07, 6.45) is 11.0. The first-order valence-corrected chi connectivity index (χ1v) is 12.6. The van der Waals surface area contributed by atoms with E-state index < -0.39 is 0 Å². The largest absolute Gasteiger partial charge is 0.313 e. The Morgan fingerprint density at radius 2 is 1.58 bits per heavy atom. The second kappa shape index (κ2) is 15.0. The van der Waals surface area contributed by atoms with Gasteiger partial charge in [-0.25, -0.2) is 0 Å². The Labute approximate surface area is 190 Å². The third-order valence-electron chi connectivity index (χ3n) is 6.30. The predicted octanol–water partition coefficient (Wildman–Crippen LogP) is 7.54. The lowest BCUT2D eigenvalue weighted by molar-refractivity contribution is 0.0977. The van der Waals surface area contributed by atoms with Gasteiger partial charge in [0.25, 0.3) is 0 Å². The predicted molar refractivity (Wildman–Crippen MR) is 134 cm³/mol. The van der Waals surface area contributed by atoms with Crippen LogP contribution in [0.1, 0.15) is 99.2 Å². The average molecular weight is 422 g/mol. The van der Waals surface area contributed by atoms with Gasteiger partial charge in [0.05, 0.1) is 0 Å². The van der Waals surface area contributed by atoms with E-state index in [2.05, 4.69) is 74.6 Å². The summed E-state index contributed by atoms with van der Waals surface area (Å²) in [5, 5.41) is 3.55. The quantitative estimate of drug-likeness (QED) is 0.224. The molecule has 0 aliphatic heterocycles. The maximum Gasteiger partial charge on any atom is 0.162 e. The molecule has 0 amide bonds. The van der Waals surface area contributed by atoms with Crippen molar-refractivity contribution in [1.82, 2.24) is 5.32 Å². The Morgan fingerprint density at radius 1 is 0.871 bits per heavy atom. The number of hydrogen-bond acceptors (Lipinski definition) is 2. The molecule has 0 saturated heterocycles. The van der Waals surface area contributed by atoms with Gasteiger partial charge in [0.1, 0.15) is 0 Å². The Kier molecular flexibility index (Phi) is 12.2. The molecule has 2 aromatic rings. The number of hydrogen-bond donors (Lipinski definition) is 1. The van der Waals surface area contributed by atoms with Gasteiger partial charge in [-0.2, -0.15) is 0 Å². The van der Waals surface area contributed by atoms with Crippen LogP contribution in [0.25, 0.3) is 0 Å². The van der Waals surface area contributed by atoms with E-state index in [0.717, 1.165) is 63.1 Å². The van der Waals surface area contributed by atoms with Gasteiger partial charge in [-0.05, 0) is 67.3 Å². The lowest BCUT2D eigenvalue weighted by Crippen LogP contribution is -2.15. The molecule has 0 aromatic heterocycles. The number of rotatable bonds is 16. The summed E-state index contributed by atoms with van der Waals surface area (Å²) in [6.45, 7) is 8.73. The molecule has 0 bridgehead atoms. The van der Waals surface area contributed by atoms with Crippen LogP contribution >= 0.6 is 0 Å². The highest BCUT2D eigenvalue weighted by atomic mass is 16.1. The Morgan fingerprint density at radius 3 is 2.29 bits per heavy atom. The third kappa shape index (κ3) is 9.39. The molecule has 2 nitrogen and oxygen atoms in total. The minimum absolute atomic E-state index is 0.319. The summed E-state index contributed by atoms with van der Waals surface area (Å²) in [7, 11) is 0. The van der Waals surface area contributed by atoms with Crippen molar-refractivity contribution in [3.8, 4) is 0 Å². The molecule has 0 heterocycles. The molecule has 0 saturated carbocycles. The summed E-state index contributed by atoms with van der Waals surface area (Å²) in [4.78, 5) is 12.8. The van der Waals surface area contributed by atoms with Crippen LogP contribution in [0.4, 0.5) is 0 Å². The van der Waals surface area contributed by atoms with Crippen LogP contribution in [0.5, 0.6) is 0 Å². The van der Waals surface area contributed by atoms with Gasteiger partial charge in [-0.3, -0.25) is 4.79 Å². The van der Waals surface area contributed by atoms with Crippen molar-refractivity contribution in [2.75, 3.05) is 6.54 Å². The zero-order valence-electron chi connectivity index (χ0n) is 20.1. The normalized spacial score (nSPS) is 12.1. The lowest BCUT2D eigenvalue weighted by atomic mass is 9.91. The molecule has 1 N–H and O–H groups in total. The molecular formula is C29H43NO. The average Bonchev–Trinajstić information content (AvgIpc) is 2.79. The maximum atomic E-state index is 12.8. The zero-order chi connectivity index (χ0) is 22.3. The number of benzene rings is 2. The summed E-state index contributed by atoms with van der Waals surface area (Å²) in [5.74, 6) is 1.05. The van der Waals surface area contributed by atoms with Gasteiger partial charge in [0.2, 0.25) is 0 Å². The fourth-order valence-electron chi connectivity index (χ4n) is 4.41. The smallest absolute Gasteiger partial charge is 0.162 e. The van der Waals surface area contributed by atoms with Crippen molar-refractivity contribution in [3.05, 3.63) is 70.8 Å². The molecule has 1 atom stereocenters. The summed E-state index contributed by atoms with van der Waals surface area (Å²) in [5.41, 5.74) is 5.07. The number of Topliss-reactive ketones (excluding diaryl/α,β-unsaturated/α-hetero) is 1. The number of aryl methyl sites for hydroxylation is 2. The van der Waals surface area contributed by atoms with E-state index in [1.165, 1.54) is 36.0 Å². The Hall–Kier alpha value is -1.93. The SMILES string of the molecule is CCCc1ccc(C(=O)CCCC(CC)CCCNCc2ccccc2)cc1CCC. The second-order valence-electron chi connectivity index (χ2n) is 8.88. The Balaban J connectivity index is 1.70. The van der Waals surface area contributed by atoms with Gasteiger partial charge in [0.15, 0.2) is 5.78 Å². The molecule has 2 heteroatoms. The van der Waals surface area contributed by atoms with Crippen LogP contribution in [0.15, 0.2) is 48.5 Å². The number of carbonyl (C=O) groups excluding carboxylic acids is 1. The van der Waals surface area contributed by atoms with Crippen LogP contribution < -0.4 is 5.32 Å². The van der Waals surface area contributed by atoms with E-state index in [4.69, 9.17) is 0 Å². The van der Waals surface area contributed by atoms with Crippen molar-refractivity contribution in [2.45, 2.75) is 91.5 Å². The lowest BCUT2D eigenvalue weighted by Gasteiger charge is -2.15. The van der Waals surface area contributed by atoms with E-state index >= 15 is 0 Å². The van der Waals surface area contributed by atoms with Crippen LogP contribution in [0.3, 0.4) is 0 Å². The topological polar surface area (TPSA) is 29.1 Å². The van der Waals surface area contributed by atoms with Crippen LogP contribution in [-0.2, 0) is 19.4 Å². The molecule has 170 valence electrons. The fraction of sp³-hybridized carbons (Fsp3) is 0.552. The first kappa shape index (κ1) is 25.3. The molecule has 0 spiro atoms. The molecule has 31 heavy (non-hydrogen) atoms. The van der Waals surface area contributed by atoms with Crippen LogP contribution in [-0.4, -0.2) is 12.3 Å². The summed E-state index contributed by atoms with van der Waals surface area (Å²) < 4.78 is 0. The van der Waals surface area contributed by atoms with E-state index in [-0.39, 0.29) is 0 Å². The van der Waals surface area contributed by atoms with Crippen molar-refractivity contribution in [2.24, 2.45) is 5.92 Å². The monoisotopic (exact) mass is 421 g/mol. The Bertz CT molecular complexity index is 753. The van der Waals surface area contributed by atoms with E-state index in [0.29, 0.717) is 12.2 Å². The second-order valence-corrected chi connectivity index (χ2v) is 8.88. The van der Waals surface area contributed by atoms with Crippen molar-refractivity contribution < 1.29 is 4.79 Å². The third-order valence-corrected chi connectivity index (χ3v) is 6.30. The number of nitrogens with one attached hydrogen (secondary N) is 1. The van der Waals surface area contributed by atoms with Gasteiger partial charge in [-0.15, -0.1) is 0 Å². The van der Waals surface area contributed by atoms with E-state index in [1.54, 1.807) is 0 Å². The van der Waals surface area contributed by atoms with E-state index in [9.17, 15) is 4.79 Å². The molecule has 2 rings (SSSR count). The number of ketones is 1. The fourth-order valence-corrected chi connectivity index (χ4v) is 4.41. The molecule has 1 unspecified atom stereocenters. The molecule has 2 aromatic carbocycles. The molecule has 0 fully saturated rings. The van der Waals surface area contributed by atoms with Crippen molar-refractivity contribution in [3.63, 3.8) is 0 Å². The first-order chi connectivity index (χ1) is 15.2. The van der Waals surface area contributed by atoms with Crippen LogP contribution in [0.2, 0.25) is 0 Å². The molecule has 0 radical (unpaired) electrons. The standard InChI is InChI=1S/C29H43NO/c1-4-12-26-19-20-28(22-27(26)13-5-2)29(31)18-10-16-24(6-3)17-11-21-30-23-25-14-8-7-9-15-25/h7-9,14-15,19-20,22,24,30H,4-6,10-13,16-18,21,23H2,1-3H3. The summed E-state index contributed by atoms with van der Waals surface area (Å²) in [6, 6.07) is 17.0. The van der Waals surface area contributed by atoms with Crippen molar-refractivity contribution >= 4 is 5.78 Å². The minimum atomic E-state index is 0.319. The van der Waals surface area contributed by atoms with Gasteiger partial charge in [0, 0.05) is 18.5 Å². The maximum absolute atomic E-state index is 12.8. The molecular weight excluding hydrogens is 378 g/mol. The van der Waals surface area contributed by atoms with Gasteiger partial charge >= 0.3 is 0 Å². The first-order valence-electron chi connectivity index (χ1n) is 12.6. The highest BCUT2D eigenvalue weighted by Crippen LogP contribution is 2.21. The van der Waals surface area contributed by atoms with Crippen LogP contribution in [0, 0.1) is 5.92 Å². The van der Waals surface area contributed by atoms with Gasteiger partial charge < -0.3 is 5.32 Å². The van der Waals surface area contributed by atoms with Crippen molar-refractivity contribution in [1.29, 1.82) is 0 Å². The molecule has 0 aliphatic carbocycles. The minimum Gasteiger partial charge on any atom is -0.313 e. The van der Waals surface area contributed by atoms with E-state index in [1.807, 2.05) is 0 Å². The molecule has 0 aliphatic rings. The highest BCUT2D eigenvalue weighted by molar-refractivity contribution is 5.96. The zero-order valence-corrected chi connectivity index (χ0v) is 20.1. The highest BCUT2D eigenvalue weighted by Gasteiger charge is 2.12. The summed E-state index contributed by atoms with van der Waals surface area (Å²) >= 11 is 0. The number of carbonyl (C=O) groups is 1. The van der Waals surface area contributed by atoms with Gasteiger partial charge in [-0.1, -0.05) is 88.9 Å².